The SMILES string of the molecule is CCOc1cc(C(=N)C2=C(NC(C)C(C)(C)O)C[C@H](C(=O)N[C@@]3(C)CCS(=O)(=O)C3)CC2)c(F)cn1. The Balaban J connectivity index is 1.90. The van der Waals surface area contributed by atoms with Crippen molar-refractivity contribution in [3.05, 3.63) is 34.9 Å². The van der Waals surface area contributed by atoms with Crippen LogP contribution in [-0.2, 0) is 14.6 Å². The summed E-state index contributed by atoms with van der Waals surface area (Å²) in [5, 5.41) is 25.5. The molecule has 1 fully saturated rings. The Bertz CT molecular complexity index is 1160. The molecular weight excluding hydrogens is 487 g/mol. The van der Waals surface area contributed by atoms with Gasteiger partial charge in [0.2, 0.25) is 11.8 Å². The summed E-state index contributed by atoms with van der Waals surface area (Å²) in [5.74, 6) is -1.18. The molecule has 1 amide bonds. The number of ether oxygens (including phenoxy) is 1. The molecule has 0 aromatic carbocycles. The van der Waals surface area contributed by atoms with Crippen LogP contribution in [0.15, 0.2) is 23.5 Å². The predicted molar refractivity (Wildman–Crippen MR) is 135 cm³/mol. The topological polar surface area (TPSA) is 141 Å². The van der Waals surface area contributed by atoms with Crippen molar-refractivity contribution in [1.29, 1.82) is 5.41 Å². The number of rotatable bonds is 9. The number of aromatic nitrogens is 1. The molecule has 0 bridgehead atoms. The summed E-state index contributed by atoms with van der Waals surface area (Å²) in [6, 6.07) is 0.974. The van der Waals surface area contributed by atoms with E-state index in [1.54, 1.807) is 34.6 Å². The van der Waals surface area contributed by atoms with Crippen molar-refractivity contribution in [2.75, 3.05) is 18.1 Å². The lowest BCUT2D eigenvalue weighted by Gasteiger charge is -2.35. The van der Waals surface area contributed by atoms with Gasteiger partial charge >= 0.3 is 0 Å². The summed E-state index contributed by atoms with van der Waals surface area (Å²) in [6.45, 7) is 8.98. The van der Waals surface area contributed by atoms with Crippen LogP contribution in [0.5, 0.6) is 5.88 Å². The summed E-state index contributed by atoms with van der Waals surface area (Å²) in [7, 11) is -3.18. The molecule has 4 N–H and O–H groups in total. The highest BCUT2D eigenvalue weighted by Crippen LogP contribution is 2.33. The average molecular weight is 525 g/mol. The number of aliphatic hydroxyl groups is 1. The van der Waals surface area contributed by atoms with E-state index in [1.807, 2.05) is 0 Å². The Kier molecular flexibility index (Phi) is 8.14. The van der Waals surface area contributed by atoms with Crippen LogP contribution in [0.25, 0.3) is 0 Å². The lowest BCUT2D eigenvalue weighted by atomic mass is 9.82. The number of nitrogens with zero attached hydrogens (tertiary/aromatic N) is 1. The van der Waals surface area contributed by atoms with Crippen molar-refractivity contribution >= 4 is 21.5 Å². The second-order valence-electron chi connectivity index (χ2n) is 10.6. The molecule has 0 saturated carbocycles. The van der Waals surface area contributed by atoms with Gasteiger partial charge in [-0.3, -0.25) is 10.2 Å². The maximum Gasteiger partial charge on any atom is 0.223 e. The Hall–Kier alpha value is -2.53. The number of halogens is 1. The molecule has 36 heavy (non-hydrogen) atoms. The molecule has 1 aliphatic carbocycles. The molecule has 0 radical (unpaired) electrons. The Labute approximate surface area is 212 Å². The first-order chi connectivity index (χ1) is 16.6. The summed E-state index contributed by atoms with van der Waals surface area (Å²) < 4.78 is 44.0. The first-order valence-corrected chi connectivity index (χ1v) is 14.1. The standard InChI is InChI=1S/C25H37FN4O5S/c1-6-35-21-12-18(19(26)13-28-21)22(27)17-8-7-16(11-20(17)29-15(2)24(3,4)32)23(31)30-25(5)9-10-36(33,34)14-25/h12-13,15-16,27,29,32H,6-11,14H2,1-5H3,(H,30,31)/t15?,16-,25+/m1/s1. The van der Waals surface area contributed by atoms with Gasteiger partial charge in [-0.2, -0.15) is 0 Å². The second-order valence-corrected chi connectivity index (χ2v) is 12.8. The lowest BCUT2D eigenvalue weighted by molar-refractivity contribution is -0.126. The number of hydrogen-bond acceptors (Lipinski definition) is 8. The van der Waals surface area contributed by atoms with Crippen molar-refractivity contribution in [2.45, 2.75) is 77.5 Å². The van der Waals surface area contributed by atoms with Gasteiger partial charge in [-0.25, -0.2) is 17.8 Å². The number of nitrogens with one attached hydrogen (secondary N) is 3. The number of hydrogen-bond donors (Lipinski definition) is 4. The molecule has 1 aliphatic heterocycles. The molecule has 1 aromatic rings. The number of sulfone groups is 1. The summed E-state index contributed by atoms with van der Waals surface area (Å²) in [5.41, 5.74) is -0.752. The third-order valence-electron chi connectivity index (χ3n) is 7.00. The summed E-state index contributed by atoms with van der Waals surface area (Å²) in [6.07, 6.45) is 2.39. The van der Waals surface area contributed by atoms with Gasteiger partial charge in [0.1, 0.15) is 0 Å². The molecule has 0 spiro atoms. The highest BCUT2D eigenvalue weighted by atomic mass is 32.2. The number of allylic oxidation sites excluding steroid dienone is 2. The van der Waals surface area contributed by atoms with E-state index < -0.39 is 38.8 Å². The highest BCUT2D eigenvalue weighted by Gasteiger charge is 2.41. The van der Waals surface area contributed by atoms with Crippen LogP contribution in [0.4, 0.5) is 4.39 Å². The smallest absolute Gasteiger partial charge is 0.223 e. The van der Waals surface area contributed by atoms with Crippen LogP contribution >= 0.6 is 0 Å². The van der Waals surface area contributed by atoms with E-state index in [-0.39, 0.29) is 41.0 Å². The van der Waals surface area contributed by atoms with Gasteiger partial charge in [0.15, 0.2) is 15.7 Å². The van der Waals surface area contributed by atoms with Crippen molar-refractivity contribution in [3.63, 3.8) is 0 Å². The molecule has 3 atom stereocenters. The van der Waals surface area contributed by atoms with Crippen molar-refractivity contribution in [1.82, 2.24) is 15.6 Å². The minimum absolute atomic E-state index is 0.0333. The van der Waals surface area contributed by atoms with Crippen LogP contribution in [-0.4, -0.2) is 65.4 Å². The van der Waals surface area contributed by atoms with Crippen molar-refractivity contribution < 1.29 is 27.4 Å². The first kappa shape index (κ1) is 28.0. The molecule has 11 heteroatoms. The van der Waals surface area contributed by atoms with Crippen LogP contribution in [0, 0.1) is 17.1 Å². The minimum Gasteiger partial charge on any atom is -0.478 e. The molecule has 2 aliphatic rings. The van der Waals surface area contributed by atoms with Gasteiger partial charge in [0, 0.05) is 23.2 Å². The molecule has 3 rings (SSSR count). The maximum absolute atomic E-state index is 14.7. The number of pyridine rings is 1. The van der Waals surface area contributed by atoms with Gasteiger partial charge in [-0.15, -0.1) is 0 Å². The second kappa shape index (κ2) is 10.5. The highest BCUT2D eigenvalue weighted by molar-refractivity contribution is 7.91. The number of carbonyl (C=O) groups is 1. The zero-order valence-electron chi connectivity index (χ0n) is 21.6. The van der Waals surface area contributed by atoms with Crippen LogP contribution in [0.2, 0.25) is 0 Å². The number of carbonyl (C=O) groups excluding carboxylic acids is 1. The third kappa shape index (κ3) is 6.61. The van der Waals surface area contributed by atoms with E-state index in [9.17, 15) is 22.7 Å². The molecule has 1 aromatic heterocycles. The third-order valence-corrected chi connectivity index (χ3v) is 8.90. The Morgan fingerprint density at radius 1 is 1.44 bits per heavy atom. The molecule has 200 valence electrons. The van der Waals surface area contributed by atoms with E-state index in [0.717, 1.165) is 6.20 Å². The maximum atomic E-state index is 14.7. The normalized spacial score (nSPS) is 24.8. The van der Waals surface area contributed by atoms with Gasteiger partial charge in [0.25, 0.3) is 0 Å². The Morgan fingerprint density at radius 2 is 2.14 bits per heavy atom. The van der Waals surface area contributed by atoms with Gasteiger partial charge in [-0.1, -0.05) is 0 Å². The van der Waals surface area contributed by atoms with Gasteiger partial charge < -0.3 is 20.5 Å². The molecule has 1 saturated heterocycles. The van der Waals surface area contributed by atoms with Crippen LogP contribution in [0.3, 0.4) is 0 Å². The molecule has 2 heterocycles. The fourth-order valence-electron chi connectivity index (χ4n) is 4.53. The monoisotopic (exact) mass is 524 g/mol. The molecular formula is C25H37FN4O5S. The molecule has 1 unspecified atom stereocenters. The largest absolute Gasteiger partial charge is 0.478 e. The van der Waals surface area contributed by atoms with E-state index in [1.165, 1.54) is 6.07 Å². The fraction of sp³-hybridized carbons (Fsp3) is 0.640. The Morgan fingerprint density at radius 3 is 2.72 bits per heavy atom. The van der Waals surface area contributed by atoms with E-state index in [2.05, 4.69) is 15.6 Å². The van der Waals surface area contributed by atoms with Gasteiger partial charge in [0.05, 0.1) is 47.2 Å². The summed E-state index contributed by atoms with van der Waals surface area (Å²) >= 11 is 0. The zero-order chi connectivity index (χ0) is 26.9. The van der Waals surface area contributed by atoms with Gasteiger partial charge in [-0.05, 0) is 65.9 Å². The van der Waals surface area contributed by atoms with Crippen LogP contribution in [0.1, 0.15) is 65.9 Å². The van der Waals surface area contributed by atoms with Crippen molar-refractivity contribution in [3.8, 4) is 5.88 Å². The van der Waals surface area contributed by atoms with E-state index in [4.69, 9.17) is 10.1 Å². The zero-order valence-corrected chi connectivity index (χ0v) is 22.4. The fourth-order valence-corrected chi connectivity index (χ4v) is 6.63. The number of amides is 1. The average Bonchev–Trinajstić information content (AvgIpc) is 3.06. The van der Waals surface area contributed by atoms with E-state index >= 15 is 0 Å². The van der Waals surface area contributed by atoms with Crippen molar-refractivity contribution in [2.24, 2.45) is 5.92 Å². The van der Waals surface area contributed by atoms with Crippen LogP contribution < -0.4 is 15.4 Å². The lowest BCUT2D eigenvalue weighted by Crippen LogP contribution is -2.50. The molecule has 9 nitrogen and oxygen atoms in total. The minimum atomic E-state index is -3.18. The first-order valence-electron chi connectivity index (χ1n) is 12.2. The predicted octanol–water partition coefficient (Wildman–Crippen LogP) is 2.48. The summed E-state index contributed by atoms with van der Waals surface area (Å²) in [4.78, 5) is 17.1. The van der Waals surface area contributed by atoms with E-state index in [0.29, 0.717) is 37.1 Å². The quantitative estimate of drug-likeness (QED) is 0.364.